The summed E-state index contributed by atoms with van der Waals surface area (Å²) in [5.41, 5.74) is 3.25. The Morgan fingerprint density at radius 1 is 1.06 bits per heavy atom. The number of piperidine rings is 1. The van der Waals surface area contributed by atoms with Crippen molar-refractivity contribution in [2.45, 2.75) is 38.1 Å². The van der Waals surface area contributed by atoms with Gasteiger partial charge in [0.05, 0.1) is 16.3 Å². The number of hydrogen-bond acceptors (Lipinski definition) is 6. The zero-order valence-electron chi connectivity index (χ0n) is 18.7. The Kier molecular flexibility index (Phi) is 7.37. The van der Waals surface area contributed by atoms with Crippen LogP contribution in [0.15, 0.2) is 42.5 Å². The van der Waals surface area contributed by atoms with Crippen molar-refractivity contribution in [1.82, 2.24) is 10.2 Å². The Morgan fingerprint density at radius 3 is 2.32 bits per heavy atom. The highest BCUT2D eigenvalue weighted by Gasteiger charge is 2.35. The number of benzene rings is 2. The normalized spacial score (nSPS) is 17.6. The second-order valence-corrected chi connectivity index (χ2v) is 9.18. The number of aliphatic hydroxyl groups is 2. The first-order valence-electron chi connectivity index (χ1n) is 11.3. The number of hydrogen-bond donors (Lipinski definition) is 3. The SMILES string of the molecule is N#Cc1cccc(Cl)c1N1CCC(CNC(=O)[C@H](O)[C@@H](O)C(=O)N2Cc3ccccc3C2)CC1. The van der Waals surface area contributed by atoms with Crippen molar-refractivity contribution < 1.29 is 19.8 Å². The molecule has 2 aliphatic heterocycles. The van der Waals surface area contributed by atoms with Crippen LogP contribution in [0.4, 0.5) is 5.69 Å². The fourth-order valence-corrected chi connectivity index (χ4v) is 4.89. The summed E-state index contributed by atoms with van der Waals surface area (Å²) in [7, 11) is 0. The van der Waals surface area contributed by atoms with Crippen molar-refractivity contribution in [3.05, 3.63) is 64.2 Å². The summed E-state index contributed by atoms with van der Waals surface area (Å²) in [5.74, 6) is -1.26. The van der Waals surface area contributed by atoms with Gasteiger partial charge in [0, 0.05) is 32.7 Å². The number of rotatable bonds is 6. The molecule has 1 saturated heterocycles. The summed E-state index contributed by atoms with van der Waals surface area (Å²) in [4.78, 5) is 28.5. The molecule has 2 aromatic rings. The number of amides is 2. The molecular formula is C25H27ClN4O4. The lowest BCUT2D eigenvalue weighted by molar-refractivity contribution is -0.153. The first-order chi connectivity index (χ1) is 16.4. The average Bonchev–Trinajstić information content (AvgIpc) is 3.30. The molecule has 0 aromatic heterocycles. The van der Waals surface area contributed by atoms with Gasteiger partial charge in [-0.15, -0.1) is 0 Å². The first-order valence-corrected chi connectivity index (χ1v) is 11.7. The Bertz CT molecular complexity index is 1090. The third-order valence-corrected chi connectivity index (χ3v) is 6.88. The van der Waals surface area contributed by atoms with Crippen molar-refractivity contribution >= 4 is 29.1 Å². The summed E-state index contributed by atoms with van der Waals surface area (Å²) in [6, 6.07) is 15.0. The minimum atomic E-state index is -1.84. The Hall–Kier alpha value is -3.12. The van der Waals surface area contributed by atoms with Crippen LogP contribution in [0.25, 0.3) is 0 Å². The molecule has 0 bridgehead atoms. The average molecular weight is 483 g/mol. The van der Waals surface area contributed by atoms with Gasteiger partial charge in [-0.25, -0.2) is 0 Å². The topological polar surface area (TPSA) is 117 Å². The lowest BCUT2D eigenvalue weighted by Crippen LogP contribution is -2.50. The highest BCUT2D eigenvalue weighted by atomic mass is 35.5. The number of halogens is 1. The van der Waals surface area contributed by atoms with Gasteiger partial charge in [0.25, 0.3) is 11.8 Å². The lowest BCUT2D eigenvalue weighted by Gasteiger charge is -2.34. The number of nitrogens with zero attached hydrogens (tertiary/aromatic N) is 3. The van der Waals surface area contributed by atoms with Crippen molar-refractivity contribution in [2.24, 2.45) is 5.92 Å². The second-order valence-electron chi connectivity index (χ2n) is 8.78. The van der Waals surface area contributed by atoms with Gasteiger partial charge < -0.3 is 25.3 Å². The van der Waals surface area contributed by atoms with Crippen molar-refractivity contribution in [3.8, 4) is 6.07 Å². The van der Waals surface area contributed by atoms with Crippen molar-refractivity contribution in [2.75, 3.05) is 24.5 Å². The van der Waals surface area contributed by atoms with Crippen molar-refractivity contribution in [1.29, 1.82) is 5.26 Å². The predicted octanol–water partition coefficient (Wildman–Crippen LogP) is 1.81. The molecule has 0 unspecified atom stereocenters. The highest BCUT2D eigenvalue weighted by Crippen LogP contribution is 2.32. The maximum Gasteiger partial charge on any atom is 0.255 e. The van der Waals surface area contributed by atoms with Gasteiger partial charge in [-0.3, -0.25) is 9.59 Å². The zero-order valence-corrected chi connectivity index (χ0v) is 19.4. The number of nitriles is 1. The van der Waals surface area contributed by atoms with E-state index in [4.69, 9.17) is 11.6 Å². The molecule has 2 amide bonds. The molecule has 2 aliphatic rings. The minimum Gasteiger partial charge on any atom is -0.380 e. The monoisotopic (exact) mass is 482 g/mol. The quantitative estimate of drug-likeness (QED) is 0.578. The van der Waals surface area contributed by atoms with Gasteiger partial charge in [-0.1, -0.05) is 41.9 Å². The van der Waals surface area contributed by atoms with Gasteiger partial charge in [-0.05, 0) is 42.0 Å². The lowest BCUT2D eigenvalue weighted by atomic mass is 9.95. The Labute approximate surface area is 203 Å². The molecule has 0 saturated carbocycles. The van der Waals surface area contributed by atoms with Gasteiger partial charge in [-0.2, -0.15) is 5.26 Å². The Morgan fingerprint density at radius 2 is 1.71 bits per heavy atom. The number of carbonyl (C=O) groups excluding carboxylic acids is 2. The molecule has 2 atom stereocenters. The second kappa shape index (κ2) is 10.4. The molecule has 2 heterocycles. The van der Waals surface area contributed by atoms with E-state index in [-0.39, 0.29) is 5.92 Å². The van der Waals surface area contributed by atoms with Crippen LogP contribution in [0.1, 0.15) is 29.5 Å². The fourth-order valence-electron chi connectivity index (χ4n) is 4.59. The molecule has 0 aliphatic carbocycles. The summed E-state index contributed by atoms with van der Waals surface area (Å²) in [6.07, 6.45) is -2.13. The minimum absolute atomic E-state index is 0.168. The molecule has 3 N–H and O–H groups in total. The molecule has 178 valence electrons. The number of anilines is 1. The van der Waals surface area contributed by atoms with E-state index in [2.05, 4.69) is 16.3 Å². The number of fused-ring (bicyclic) bond motifs is 1. The van der Waals surface area contributed by atoms with Crippen LogP contribution in [0.2, 0.25) is 5.02 Å². The van der Waals surface area contributed by atoms with E-state index in [1.807, 2.05) is 24.3 Å². The number of aliphatic hydroxyl groups excluding tert-OH is 2. The number of carbonyl (C=O) groups is 2. The molecule has 9 heteroatoms. The van der Waals surface area contributed by atoms with E-state index in [1.165, 1.54) is 4.90 Å². The van der Waals surface area contributed by atoms with E-state index in [1.54, 1.807) is 18.2 Å². The van der Waals surface area contributed by atoms with E-state index in [0.717, 1.165) is 29.7 Å². The molecule has 0 radical (unpaired) electrons. The van der Waals surface area contributed by atoms with Gasteiger partial charge in [0.15, 0.2) is 12.2 Å². The smallest absolute Gasteiger partial charge is 0.255 e. The van der Waals surface area contributed by atoms with Crippen LogP contribution in [-0.2, 0) is 22.7 Å². The third kappa shape index (κ3) is 5.02. The van der Waals surface area contributed by atoms with E-state index >= 15 is 0 Å². The predicted molar refractivity (Wildman–Crippen MR) is 127 cm³/mol. The molecular weight excluding hydrogens is 456 g/mol. The maximum absolute atomic E-state index is 12.6. The maximum atomic E-state index is 12.6. The standard InChI is InChI=1S/C25H27ClN4O4/c26-20-7-3-6-17(12-27)21(20)29-10-8-16(9-11-29)13-28-24(33)22(31)23(32)25(34)30-14-18-4-1-2-5-19(18)15-30/h1-7,16,22-23,31-32H,8-11,13-15H2,(H,28,33)/t22-,23-/m1/s1. The zero-order chi connectivity index (χ0) is 24.2. The largest absolute Gasteiger partial charge is 0.380 e. The van der Waals surface area contributed by atoms with Crippen LogP contribution < -0.4 is 10.2 Å². The van der Waals surface area contributed by atoms with Gasteiger partial charge in [0.2, 0.25) is 0 Å². The molecule has 0 spiro atoms. The molecule has 2 aromatic carbocycles. The van der Waals surface area contributed by atoms with Crippen LogP contribution in [0.3, 0.4) is 0 Å². The van der Waals surface area contributed by atoms with Crippen LogP contribution in [0, 0.1) is 17.2 Å². The summed E-state index contributed by atoms with van der Waals surface area (Å²) in [6.45, 7) is 2.37. The summed E-state index contributed by atoms with van der Waals surface area (Å²) >= 11 is 6.31. The highest BCUT2D eigenvalue weighted by molar-refractivity contribution is 6.33. The molecule has 8 nitrogen and oxygen atoms in total. The molecule has 34 heavy (non-hydrogen) atoms. The Balaban J connectivity index is 1.25. The van der Waals surface area contributed by atoms with E-state index in [9.17, 15) is 25.1 Å². The number of para-hydroxylation sites is 1. The van der Waals surface area contributed by atoms with Crippen LogP contribution in [0.5, 0.6) is 0 Å². The van der Waals surface area contributed by atoms with Crippen molar-refractivity contribution in [3.63, 3.8) is 0 Å². The molecule has 4 rings (SSSR count). The van der Waals surface area contributed by atoms with Crippen LogP contribution in [-0.4, -0.2) is 58.8 Å². The van der Waals surface area contributed by atoms with Crippen LogP contribution >= 0.6 is 11.6 Å². The summed E-state index contributed by atoms with van der Waals surface area (Å²) in [5, 5.41) is 33.2. The van der Waals surface area contributed by atoms with Gasteiger partial charge in [0.1, 0.15) is 6.07 Å². The summed E-state index contributed by atoms with van der Waals surface area (Å²) < 4.78 is 0. The fraction of sp³-hybridized carbons (Fsp3) is 0.400. The van der Waals surface area contributed by atoms with E-state index < -0.39 is 24.0 Å². The van der Waals surface area contributed by atoms with Gasteiger partial charge >= 0.3 is 0 Å². The number of nitrogens with one attached hydrogen (secondary N) is 1. The molecule has 1 fully saturated rings. The first kappa shape index (κ1) is 24.0. The third-order valence-electron chi connectivity index (χ3n) is 6.58. The van der Waals surface area contributed by atoms with E-state index in [0.29, 0.717) is 43.3 Å².